The molecule has 2 rings (SSSR count). The molecule has 1 aliphatic heterocycles. The van der Waals surface area contributed by atoms with Crippen LogP contribution in [0.4, 0.5) is 0 Å². The van der Waals surface area contributed by atoms with Crippen molar-refractivity contribution in [2.75, 3.05) is 32.9 Å². The van der Waals surface area contributed by atoms with E-state index in [9.17, 15) is 18.3 Å². The molecule has 1 heterocycles. The molecular weight excluding hydrogens is 332 g/mol. The molecule has 7 nitrogen and oxygen atoms in total. The van der Waals surface area contributed by atoms with Gasteiger partial charge in [0.2, 0.25) is 10.0 Å². The topological polar surface area (TPSA) is 95.9 Å². The van der Waals surface area contributed by atoms with E-state index in [1.165, 1.54) is 10.4 Å². The number of carbonyl (C=O) groups is 1. The third-order valence-corrected chi connectivity index (χ3v) is 6.13. The van der Waals surface area contributed by atoms with E-state index < -0.39 is 15.9 Å². The molecule has 0 bridgehead atoms. The molecule has 1 amide bonds. The van der Waals surface area contributed by atoms with E-state index in [0.717, 1.165) is 0 Å². The maximum absolute atomic E-state index is 12.8. The highest BCUT2D eigenvalue weighted by Gasteiger charge is 2.28. The monoisotopic (exact) mass is 356 g/mol. The molecule has 0 spiro atoms. The summed E-state index contributed by atoms with van der Waals surface area (Å²) < 4.78 is 32.2. The fraction of sp³-hybridized carbons (Fsp3) is 0.562. The van der Waals surface area contributed by atoms with Gasteiger partial charge in [-0.2, -0.15) is 4.31 Å². The molecule has 1 aromatic rings. The van der Waals surface area contributed by atoms with Gasteiger partial charge in [-0.15, -0.1) is 0 Å². The van der Waals surface area contributed by atoms with Gasteiger partial charge < -0.3 is 15.2 Å². The molecule has 1 fully saturated rings. The number of hydrogen-bond donors (Lipinski definition) is 2. The summed E-state index contributed by atoms with van der Waals surface area (Å²) >= 11 is 0. The summed E-state index contributed by atoms with van der Waals surface area (Å²) in [7, 11) is -3.66. The second-order valence-corrected chi connectivity index (χ2v) is 7.66. The number of hydrogen-bond acceptors (Lipinski definition) is 5. The molecule has 0 saturated carbocycles. The van der Waals surface area contributed by atoms with Crippen LogP contribution in [0.1, 0.15) is 29.3 Å². The van der Waals surface area contributed by atoms with Gasteiger partial charge in [0.05, 0.1) is 30.8 Å². The zero-order valence-corrected chi connectivity index (χ0v) is 14.8. The first kappa shape index (κ1) is 18.9. The lowest BCUT2D eigenvalue weighted by Crippen LogP contribution is -2.41. The van der Waals surface area contributed by atoms with Gasteiger partial charge in [-0.05, 0) is 31.0 Å². The molecule has 0 aliphatic carbocycles. The summed E-state index contributed by atoms with van der Waals surface area (Å²) in [6.45, 7) is 4.75. The number of nitrogens with one attached hydrogen (secondary N) is 1. The van der Waals surface area contributed by atoms with Crippen LogP contribution in [0.15, 0.2) is 23.1 Å². The number of aliphatic hydroxyl groups is 1. The Hall–Kier alpha value is -1.48. The lowest BCUT2D eigenvalue weighted by atomic mass is 10.1. The molecule has 8 heteroatoms. The first-order chi connectivity index (χ1) is 11.4. The first-order valence-corrected chi connectivity index (χ1v) is 9.44. The number of aryl methyl sites for hydroxylation is 1. The summed E-state index contributed by atoms with van der Waals surface area (Å²) in [5, 5.41) is 11.9. The number of benzene rings is 1. The van der Waals surface area contributed by atoms with E-state index in [2.05, 4.69) is 5.32 Å². The number of morpholine rings is 1. The minimum atomic E-state index is -3.66. The van der Waals surface area contributed by atoms with Gasteiger partial charge in [0.1, 0.15) is 0 Å². The van der Waals surface area contributed by atoms with Gasteiger partial charge >= 0.3 is 0 Å². The van der Waals surface area contributed by atoms with E-state index in [0.29, 0.717) is 38.3 Å². The van der Waals surface area contributed by atoms with Crippen LogP contribution in [0.3, 0.4) is 0 Å². The van der Waals surface area contributed by atoms with Gasteiger partial charge in [0.25, 0.3) is 5.91 Å². The molecule has 0 unspecified atom stereocenters. The van der Waals surface area contributed by atoms with Crippen molar-refractivity contribution in [2.45, 2.75) is 31.2 Å². The van der Waals surface area contributed by atoms with E-state index in [1.54, 1.807) is 19.1 Å². The quantitative estimate of drug-likeness (QED) is 0.775. The summed E-state index contributed by atoms with van der Waals surface area (Å²) in [6.07, 6.45) is 0.590. The Bertz CT molecular complexity index is 680. The number of sulfonamides is 1. The predicted octanol–water partition coefficient (Wildman–Crippen LogP) is 0.517. The third-order valence-electron chi connectivity index (χ3n) is 4.09. The van der Waals surface area contributed by atoms with E-state index in [1.807, 2.05) is 6.92 Å². The second kappa shape index (κ2) is 8.06. The minimum absolute atomic E-state index is 0.133. The molecule has 1 aliphatic rings. The van der Waals surface area contributed by atoms with Crippen molar-refractivity contribution >= 4 is 15.9 Å². The maximum Gasteiger partial charge on any atom is 0.251 e. The van der Waals surface area contributed by atoms with Crippen molar-refractivity contribution in [3.05, 3.63) is 29.3 Å². The summed E-state index contributed by atoms with van der Waals surface area (Å²) in [6, 6.07) is 4.27. The van der Waals surface area contributed by atoms with Crippen molar-refractivity contribution in [1.82, 2.24) is 9.62 Å². The number of nitrogens with zero attached hydrogens (tertiary/aromatic N) is 1. The van der Waals surface area contributed by atoms with Crippen LogP contribution in [0.2, 0.25) is 0 Å². The number of rotatable bonds is 6. The van der Waals surface area contributed by atoms with Gasteiger partial charge in [0.15, 0.2) is 0 Å². The van der Waals surface area contributed by atoms with Crippen LogP contribution in [0, 0.1) is 6.92 Å². The first-order valence-electron chi connectivity index (χ1n) is 8.00. The molecule has 24 heavy (non-hydrogen) atoms. The van der Waals surface area contributed by atoms with E-state index in [-0.39, 0.29) is 23.1 Å². The van der Waals surface area contributed by atoms with Gasteiger partial charge in [0, 0.05) is 18.7 Å². The summed E-state index contributed by atoms with van der Waals surface area (Å²) in [5.74, 6) is -0.394. The molecule has 0 aromatic heterocycles. The van der Waals surface area contributed by atoms with Crippen LogP contribution in [-0.4, -0.2) is 62.7 Å². The average Bonchev–Trinajstić information content (AvgIpc) is 2.60. The maximum atomic E-state index is 12.8. The SMILES string of the molecule is CC[C@H](CO)NC(=O)c1ccc(C)c(S(=O)(=O)N2CCOCC2)c1. The summed E-state index contributed by atoms with van der Waals surface area (Å²) in [5.41, 5.74) is 0.853. The minimum Gasteiger partial charge on any atom is -0.394 e. The molecular formula is C16H24N2O5S. The number of ether oxygens (including phenoxy) is 1. The van der Waals surface area contributed by atoms with Crippen LogP contribution >= 0.6 is 0 Å². The lowest BCUT2D eigenvalue weighted by Gasteiger charge is -2.26. The largest absolute Gasteiger partial charge is 0.394 e. The number of amides is 1. The van der Waals surface area contributed by atoms with Crippen molar-refractivity contribution in [3.63, 3.8) is 0 Å². The Labute approximate surface area is 142 Å². The highest BCUT2D eigenvalue weighted by molar-refractivity contribution is 7.89. The molecule has 1 atom stereocenters. The fourth-order valence-corrected chi connectivity index (χ4v) is 4.15. The van der Waals surface area contributed by atoms with Crippen LogP contribution < -0.4 is 5.32 Å². The van der Waals surface area contributed by atoms with Gasteiger partial charge in [-0.3, -0.25) is 4.79 Å². The highest BCUT2D eigenvalue weighted by atomic mass is 32.2. The Morgan fingerprint density at radius 2 is 2.04 bits per heavy atom. The van der Waals surface area contributed by atoms with Crippen LogP contribution in [0.25, 0.3) is 0 Å². The normalized spacial score (nSPS) is 17.5. The Kier molecular flexibility index (Phi) is 6.34. The van der Waals surface area contributed by atoms with Crippen LogP contribution in [-0.2, 0) is 14.8 Å². The molecule has 1 saturated heterocycles. The molecule has 1 aromatic carbocycles. The Morgan fingerprint density at radius 3 is 2.62 bits per heavy atom. The zero-order valence-electron chi connectivity index (χ0n) is 14.0. The molecule has 0 radical (unpaired) electrons. The van der Waals surface area contributed by atoms with Gasteiger partial charge in [-0.25, -0.2) is 8.42 Å². The third kappa shape index (κ3) is 4.13. The van der Waals surface area contributed by atoms with Crippen molar-refractivity contribution in [3.8, 4) is 0 Å². The summed E-state index contributed by atoms with van der Waals surface area (Å²) in [4.78, 5) is 12.4. The average molecular weight is 356 g/mol. The van der Waals surface area contributed by atoms with Crippen molar-refractivity contribution in [2.24, 2.45) is 0 Å². The van der Waals surface area contributed by atoms with Crippen molar-refractivity contribution < 1.29 is 23.1 Å². The second-order valence-electron chi connectivity index (χ2n) is 5.76. The lowest BCUT2D eigenvalue weighted by molar-refractivity contribution is 0.0730. The Morgan fingerprint density at radius 1 is 1.38 bits per heavy atom. The predicted molar refractivity (Wildman–Crippen MR) is 89.4 cm³/mol. The van der Waals surface area contributed by atoms with E-state index in [4.69, 9.17) is 4.74 Å². The van der Waals surface area contributed by atoms with Gasteiger partial charge in [-0.1, -0.05) is 13.0 Å². The van der Waals surface area contributed by atoms with Crippen molar-refractivity contribution in [1.29, 1.82) is 0 Å². The smallest absolute Gasteiger partial charge is 0.251 e. The molecule has 134 valence electrons. The van der Waals surface area contributed by atoms with E-state index >= 15 is 0 Å². The molecule has 2 N–H and O–H groups in total. The zero-order chi connectivity index (χ0) is 17.7. The number of carbonyl (C=O) groups excluding carboxylic acids is 1. The fourth-order valence-electron chi connectivity index (χ4n) is 2.49. The highest BCUT2D eigenvalue weighted by Crippen LogP contribution is 2.22. The Balaban J connectivity index is 2.29. The number of aliphatic hydroxyl groups excluding tert-OH is 1. The van der Waals surface area contributed by atoms with Crippen LogP contribution in [0.5, 0.6) is 0 Å². The standard InChI is InChI=1S/C16H24N2O5S/c1-3-14(11-19)17-16(20)13-5-4-12(2)15(10-13)24(21,22)18-6-8-23-9-7-18/h4-5,10,14,19H,3,6-9,11H2,1-2H3,(H,17,20)/t14-/m1/s1.